The molecule has 0 spiro atoms. The molecule has 2 heterocycles. The molecule has 1 aromatic carbocycles. The summed E-state index contributed by atoms with van der Waals surface area (Å²) < 4.78 is 0. The van der Waals surface area contributed by atoms with Gasteiger partial charge in [-0.3, -0.25) is 9.98 Å². The molecule has 0 radical (unpaired) electrons. The van der Waals surface area contributed by atoms with Crippen molar-refractivity contribution < 1.29 is 0 Å². The highest BCUT2D eigenvalue weighted by atomic mass is 35.5. The van der Waals surface area contributed by atoms with Crippen LogP contribution in [0.5, 0.6) is 0 Å². The Labute approximate surface area is 135 Å². The van der Waals surface area contributed by atoms with Gasteiger partial charge in [-0.2, -0.15) is 0 Å². The fraction of sp³-hybridized carbons (Fsp3) is 0.188. The highest BCUT2D eigenvalue weighted by molar-refractivity contribution is 6.00. The third kappa shape index (κ3) is 3.26. The first-order valence-electron chi connectivity index (χ1n) is 6.88. The lowest BCUT2D eigenvalue weighted by atomic mass is 10.2. The van der Waals surface area contributed by atoms with E-state index in [1.165, 1.54) is 0 Å². The van der Waals surface area contributed by atoms with E-state index in [2.05, 4.69) is 19.9 Å². The second-order valence-corrected chi connectivity index (χ2v) is 5.14. The Bertz CT molecular complexity index is 793. The van der Waals surface area contributed by atoms with Crippen molar-refractivity contribution in [3.63, 3.8) is 0 Å². The molecule has 0 fully saturated rings. The molecule has 6 heteroatoms. The van der Waals surface area contributed by atoms with Crippen molar-refractivity contribution in [2.24, 2.45) is 10.7 Å². The van der Waals surface area contributed by atoms with Crippen LogP contribution in [0.15, 0.2) is 47.6 Å². The number of rotatable bonds is 3. The van der Waals surface area contributed by atoms with Crippen LogP contribution in [-0.2, 0) is 0 Å². The maximum atomic E-state index is 6.01. The predicted molar refractivity (Wildman–Crippen MR) is 92.4 cm³/mol. The van der Waals surface area contributed by atoms with E-state index in [0.29, 0.717) is 5.84 Å². The van der Waals surface area contributed by atoms with Gasteiger partial charge in [-0.1, -0.05) is 6.07 Å². The molecular weight excluding hydrogens is 298 g/mol. The van der Waals surface area contributed by atoms with Crippen molar-refractivity contribution in [3.05, 3.63) is 48.2 Å². The Morgan fingerprint density at radius 3 is 2.73 bits per heavy atom. The Morgan fingerprint density at radius 1 is 1.23 bits per heavy atom. The number of hydrogen-bond acceptors (Lipinski definition) is 3. The normalized spacial score (nSPS) is 11.7. The molecule has 22 heavy (non-hydrogen) atoms. The van der Waals surface area contributed by atoms with E-state index < -0.39 is 0 Å². The zero-order valence-electron chi connectivity index (χ0n) is 12.4. The van der Waals surface area contributed by atoms with E-state index in [9.17, 15) is 0 Å². The van der Waals surface area contributed by atoms with Crippen molar-refractivity contribution in [2.45, 2.75) is 19.9 Å². The topological polar surface area (TPSA) is 79.9 Å². The monoisotopic (exact) mass is 315 g/mol. The molecule has 0 atom stereocenters. The maximum Gasteiger partial charge on any atom is 0.157 e. The zero-order valence-corrected chi connectivity index (χ0v) is 13.3. The van der Waals surface area contributed by atoms with Crippen LogP contribution in [0.4, 0.5) is 0 Å². The molecule has 3 aromatic rings. The number of pyridine rings is 1. The highest BCUT2D eigenvalue weighted by Gasteiger charge is 2.08. The Balaban J connectivity index is 0.00000176. The smallest absolute Gasteiger partial charge is 0.157 e. The number of nitrogens with two attached hydrogens (primary N) is 1. The van der Waals surface area contributed by atoms with Gasteiger partial charge in [0.25, 0.3) is 0 Å². The number of benzene rings is 1. The van der Waals surface area contributed by atoms with Crippen molar-refractivity contribution >= 4 is 29.3 Å². The molecule has 0 aliphatic carbocycles. The molecule has 0 unspecified atom stereocenters. The summed E-state index contributed by atoms with van der Waals surface area (Å²) in [6.07, 6.45) is 1.75. The van der Waals surface area contributed by atoms with E-state index in [4.69, 9.17) is 5.73 Å². The molecule has 0 aliphatic rings. The minimum Gasteiger partial charge on any atom is -0.383 e. The average molecular weight is 316 g/mol. The lowest BCUT2D eigenvalue weighted by Crippen LogP contribution is -2.15. The molecule has 0 amide bonds. The number of amidine groups is 1. The first kappa shape index (κ1) is 16.0. The van der Waals surface area contributed by atoms with Crippen LogP contribution in [0.25, 0.3) is 22.6 Å². The number of nitrogens with zero attached hydrogens (tertiary/aromatic N) is 3. The molecule has 0 bridgehead atoms. The van der Waals surface area contributed by atoms with Crippen LogP contribution in [0.1, 0.15) is 19.4 Å². The van der Waals surface area contributed by atoms with E-state index in [0.717, 1.165) is 28.1 Å². The molecule has 3 rings (SSSR count). The van der Waals surface area contributed by atoms with Gasteiger partial charge < -0.3 is 10.7 Å². The molecule has 0 saturated carbocycles. The largest absolute Gasteiger partial charge is 0.383 e. The van der Waals surface area contributed by atoms with Gasteiger partial charge in [-0.15, -0.1) is 12.4 Å². The average Bonchev–Trinajstić information content (AvgIpc) is 2.90. The van der Waals surface area contributed by atoms with Gasteiger partial charge in [0, 0.05) is 17.8 Å². The van der Waals surface area contributed by atoms with E-state index in [-0.39, 0.29) is 18.4 Å². The number of imidazole rings is 1. The zero-order chi connectivity index (χ0) is 14.8. The van der Waals surface area contributed by atoms with Crippen molar-refractivity contribution in [1.82, 2.24) is 15.0 Å². The number of nitrogens with one attached hydrogen (secondary N) is 1. The van der Waals surface area contributed by atoms with Crippen molar-refractivity contribution in [2.75, 3.05) is 0 Å². The standard InChI is InChI=1S/C16H17N5.ClH/c1-10(2)19-15(17)11-6-7-12-14(9-11)21-16(20-12)13-5-3-4-8-18-13;/h3-10H,1-2H3,(H2,17,19)(H,20,21);1H. The summed E-state index contributed by atoms with van der Waals surface area (Å²) in [7, 11) is 0. The fourth-order valence-corrected chi connectivity index (χ4v) is 2.15. The molecule has 3 N–H and O–H groups in total. The maximum absolute atomic E-state index is 6.01. The number of H-pyrrole nitrogens is 1. The lowest BCUT2D eigenvalue weighted by molar-refractivity contribution is 0.834. The minimum atomic E-state index is 0. The molecule has 0 aliphatic heterocycles. The van der Waals surface area contributed by atoms with Crippen LogP contribution >= 0.6 is 12.4 Å². The summed E-state index contributed by atoms with van der Waals surface area (Å²) in [6.45, 7) is 4.00. The van der Waals surface area contributed by atoms with E-state index in [1.54, 1.807) is 6.20 Å². The van der Waals surface area contributed by atoms with E-state index in [1.807, 2.05) is 50.2 Å². The van der Waals surface area contributed by atoms with Gasteiger partial charge in [0.2, 0.25) is 0 Å². The van der Waals surface area contributed by atoms with Crippen molar-refractivity contribution in [3.8, 4) is 11.5 Å². The molecule has 5 nitrogen and oxygen atoms in total. The minimum absolute atomic E-state index is 0. The van der Waals surface area contributed by atoms with Gasteiger partial charge in [-0.05, 0) is 44.2 Å². The van der Waals surface area contributed by atoms with Crippen LogP contribution < -0.4 is 5.73 Å². The van der Waals surface area contributed by atoms with Gasteiger partial charge in [0.05, 0.1) is 11.0 Å². The van der Waals surface area contributed by atoms with Gasteiger partial charge in [0.15, 0.2) is 5.82 Å². The fourth-order valence-electron chi connectivity index (χ4n) is 2.15. The number of fused-ring (bicyclic) bond motifs is 1. The summed E-state index contributed by atoms with van der Waals surface area (Å²) in [5, 5.41) is 0. The number of aromatic nitrogens is 3. The van der Waals surface area contributed by atoms with Crippen LogP contribution in [-0.4, -0.2) is 26.8 Å². The number of aromatic amines is 1. The van der Waals surface area contributed by atoms with E-state index >= 15 is 0 Å². The summed E-state index contributed by atoms with van der Waals surface area (Å²) in [5.41, 5.74) is 9.53. The second kappa shape index (κ2) is 6.58. The van der Waals surface area contributed by atoms with Crippen LogP contribution in [0.2, 0.25) is 0 Å². The second-order valence-electron chi connectivity index (χ2n) is 5.14. The Hall–Kier alpha value is -2.40. The first-order valence-corrected chi connectivity index (χ1v) is 6.88. The number of aliphatic imine (C=N–C) groups is 1. The SMILES string of the molecule is CC(C)N=C(N)c1ccc2nc(-c3ccccn3)[nH]c2c1.Cl. The number of halogens is 1. The Kier molecular flexibility index (Phi) is 4.78. The highest BCUT2D eigenvalue weighted by Crippen LogP contribution is 2.19. The molecular formula is C16H18ClN5. The molecule has 114 valence electrons. The van der Waals surface area contributed by atoms with Crippen molar-refractivity contribution in [1.29, 1.82) is 0 Å². The number of hydrogen-bond donors (Lipinski definition) is 2. The van der Waals surface area contributed by atoms with Gasteiger partial charge in [-0.25, -0.2) is 4.98 Å². The quantitative estimate of drug-likeness (QED) is 0.575. The summed E-state index contributed by atoms with van der Waals surface area (Å²) in [4.78, 5) is 16.5. The molecule has 0 saturated heterocycles. The van der Waals surface area contributed by atoms with Crippen LogP contribution in [0, 0.1) is 0 Å². The van der Waals surface area contributed by atoms with Gasteiger partial charge >= 0.3 is 0 Å². The first-order chi connectivity index (χ1) is 10.1. The third-order valence-corrected chi connectivity index (χ3v) is 3.08. The predicted octanol–water partition coefficient (Wildman–Crippen LogP) is 3.16. The molecule has 2 aromatic heterocycles. The van der Waals surface area contributed by atoms with Crippen LogP contribution in [0.3, 0.4) is 0 Å². The third-order valence-electron chi connectivity index (χ3n) is 3.08. The summed E-state index contributed by atoms with van der Waals surface area (Å²) in [5.74, 6) is 1.29. The lowest BCUT2D eigenvalue weighted by Gasteiger charge is -2.03. The summed E-state index contributed by atoms with van der Waals surface area (Å²) >= 11 is 0. The van der Waals surface area contributed by atoms with Gasteiger partial charge in [0.1, 0.15) is 11.5 Å². The Morgan fingerprint density at radius 2 is 2.05 bits per heavy atom. The summed E-state index contributed by atoms with van der Waals surface area (Å²) in [6, 6.07) is 11.8.